The van der Waals surface area contributed by atoms with Crippen molar-refractivity contribution < 1.29 is 23.7 Å². The highest BCUT2D eigenvalue weighted by molar-refractivity contribution is 5.38. The molecule has 1 saturated carbocycles. The number of aryl methyl sites for hydroxylation is 1. The fourth-order valence-corrected chi connectivity index (χ4v) is 6.63. The third kappa shape index (κ3) is 6.73. The number of rotatable bonds is 12. The highest BCUT2D eigenvalue weighted by atomic mass is 19.1. The molecule has 1 fully saturated rings. The highest BCUT2D eigenvalue weighted by Gasteiger charge is 2.37. The van der Waals surface area contributed by atoms with Crippen LogP contribution in [0.5, 0.6) is 11.5 Å². The number of aromatic hydroxyl groups is 1. The molecule has 0 aliphatic heterocycles. The van der Waals surface area contributed by atoms with E-state index >= 15 is 4.39 Å². The number of benzene rings is 2. The van der Waals surface area contributed by atoms with E-state index in [-0.39, 0.29) is 17.8 Å². The van der Waals surface area contributed by atoms with Crippen LogP contribution in [0, 0.1) is 17.7 Å². The molecule has 0 spiro atoms. The smallest absolute Gasteiger partial charge is 0.165 e. The van der Waals surface area contributed by atoms with Gasteiger partial charge >= 0.3 is 0 Å². The Hall–Kier alpha value is -3.03. The van der Waals surface area contributed by atoms with Gasteiger partial charge in [0.15, 0.2) is 23.1 Å². The van der Waals surface area contributed by atoms with Crippen molar-refractivity contribution in [2.45, 2.75) is 64.1 Å². The second-order valence-corrected chi connectivity index (χ2v) is 11.7. The molecule has 3 atom stereocenters. The van der Waals surface area contributed by atoms with Crippen molar-refractivity contribution in [3.05, 3.63) is 82.6 Å². The minimum absolute atomic E-state index is 0.0681. The maximum Gasteiger partial charge on any atom is 0.165 e. The third-order valence-corrected chi connectivity index (χ3v) is 9.35. The van der Waals surface area contributed by atoms with Crippen molar-refractivity contribution in [3.63, 3.8) is 0 Å². The quantitative estimate of drug-likeness (QED) is 0.337. The fourth-order valence-electron chi connectivity index (χ4n) is 6.63. The number of likely N-dealkylation sites (N-methyl/N-ethyl adjacent to an activating group) is 2. The van der Waals surface area contributed by atoms with Gasteiger partial charge in [0.25, 0.3) is 0 Å². The Morgan fingerprint density at radius 1 is 0.976 bits per heavy atom. The van der Waals surface area contributed by atoms with Gasteiger partial charge < -0.3 is 24.2 Å². The van der Waals surface area contributed by atoms with Crippen LogP contribution in [-0.2, 0) is 28.9 Å². The zero-order chi connectivity index (χ0) is 28.9. The molecule has 3 aliphatic rings. The lowest BCUT2D eigenvalue weighted by molar-refractivity contribution is 0.131. The number of phenolic OH excluding ortho intramolecular Hbond substituents is 1. The Morgan fingerprint density at radius 3 is 2.44 bits per heavy atom. The summed E-state index contributed by atoms with van der Waals surface area (Å²) in [6.07, 6.45) is 11.1. The first-order chi connectivity index (χ1) is 19.9. The van der Waals surface area contributed by atoms with Gasteiger partial charge in [0, 0.05) is 31.1 Å². The largest absolute Gasteiger partial charge is 0.508 e. The molecule has 0 radical (unpaired) electrons. The lowest BCUT2D eigenvalue weighted by Crippen LogP contribution is -2.44. The Balaban J connectivity index is 1.30. The Bertz CT molecular complexity index is 1260. The van der Waals surface area contributed by atoms with E-state index in [9.17, 15) is 5.11 Å². The summed E-state index contributed by atoms with van der Waals surface area (Å²) in [6, 6.07) is 11.8. The first-order valence-corrected chi connectivity index (χ1v) is 15.1. The summed E-state index contributed by atoms with van der Waals surface area (Å²) in [5.74, 6) is 2.42. The van der Waals surface area contributed by atoms with Gasteiger partial charge in [0.2, 0.25) is 0 Å². The van der Waals surface area contributed by atoms with Crippen LogP contribution >= 0.6 is 0 Å². The summed E-state index contributed by atoms with van der Waals surface area (Å²) in [4.78, 5) is 4.71. The van der Waals surface area contributed by atoms with Crippen LogP contribution in [0.1, 0.15) is 49.3 Å². The molecule has 0 heterocycles. The number of hydrogen-bond acceptors (Lipinski definition) is 6. The molecule has 41 heavy (non-hydrogen) atoms. The Labute approximate surface area is 244 Å². The SMILES string of the molecule is CCN(Cc1ccc(OCCN(C)C2CCC2)c(F)c1)C1C=C(OC)C(OC)=CC1[C@@H]1CCc2cc(O)ccc2C1. The predicted molar refractivity (Wildman–Crippen MR) is 159 cm³/mol. The minimum atomic E-state index is -0.313. The summed E-state index contributed by atoms with van der Waals surface area (Å²) < 4.78 is 32.4. The Kier molecular flexibility index (Phi) is 9.56. The number of halogens is 1. The molecule has 0 bridgehead atoms. The van der Waals surface area contributed by atoms with Crippen molar-refractivity contribution in [2.24, 2.45) is 11.8 Å². The van der Waals surface area contributed by atoms with E-state index in [4.69, 9.17) is 14.2 Å². The second-order valence-electron chi connectivity index (χ2n) is 11.7. The standard InChI is InChI=1S/C34H45FN2O4/c1-5-37(22-23-9-14-32(30(35)17-23)41-16-15-36(2)27-7-6-8-27)31-21-34(40-4)33(39-3)20-29(31)26-11-10-25-19-28(38)13-12-24(25)18-26/h9,12-14,17,19-21,26-27,29,31,38H,5-8,10-11,15-16,18,22H2,1-4H3/t26-,29?,31?/m1/s1. The van der Waals surface area contributed by atoms with Gasteiger partial charge in [0.05, 0.1) is 14.2 Å². The van der Waals surface area contributed by atoms with Gasteiger partial charge in [-0.25, -0.2) is 4.39 Å². The molecule has 2 aromatic rings. The molecule has 6 nitrogen and oxygen atoms in total. The molecule has 2 aromatic carbocycles. The summed E-state index contributed by atoms with van der Waals surface area (Å²) in [5.41, 5.74) is 3.45. The zero-order valence-corrected chi connectivity index (χ0v) is 24.9. The van der Waals surface area contributed by atoms with Gasteiger partial charge in [-0.15, -0.1) is 0 Å². The lowest BCUT2D eigenvalue weighted by Gasteiger charge is -2.41. The normalized spacial score (nSPS) is 22.6. The minimum Gasteiger partial charge on any atom is -0.508 e. The molecule has 1 N–H and O–H groups in total. The molecule has 222 valence electrons. The van der Waals surface area contributed by atoms with E-state index in [0.717, 1.165) is 49.4 Å². The van der Waals surface area contributed by atoms with E-state index < -0.39 is 0 Å². The molecule has 0 saturated heterocycles. The second kappa shape index (κ2) is 13.3. The topological polar surface area (TPSA) is 54.4 Å². The predicted octanol–water partition coefficient (Wildman–Crippen LogP) is 6.08. The van der Waals surface area contributed by atoms with Crippen molar-refractivity contribution >= 4 is 0 Å². The molecule has 0 aromatic heterocycles. The first kappa shape index (κ1) is 29.5. The number of methoxy groups -OCH3 is 2. The van der Waals surface area contributed by atoms with E-state index in [1.807, 2.05) is 12.1 Å². The maximum absolute atomic E-state index is 15.1. The zero-order valence-electron chi connectivity index (χ0n) is 24.9. The van der Waals surface area contributed by atoms with Crippen molar-refractivity contribution in [1.29, 1.82) is 0 Å². The number of fused-ring (bicyclic) bond motifs is 1. The summed E-state index contributed by atoms with van der Waals surface area (Å²) in [6.45, 7) is 4.85. The Morgan fingerprint density at radius 2 is 1.76 bits per heavy atom. The first-order valence-electron chi connectivity index (χ1n) is 15.1. The van der Waals surface area contributed by atoms with Crippen molar-refractivity contribution in [3.8, 4) is 11.5 Å². The lowest BCUT2D eigenvalue weighted by atomic mass is 9.72. The number of phenols is 1. The summed E-state index contributed by atoms with van der Waals surface area (Å²) in [7, 11) is 5.48. The number of ether oxygens (including phenoxy) is 3. The average molecular weight is 565 g/mol. The van der Waals surface area contributed by atoms with Gasteiger partial charge in [0.1, 0.15) is 12.4 Å². The third-order valence-electron chi connectivity index (χ3n) is 9.35. The molecule has 2 unspecified atom stereocenters. The number of nitrogens with zero attached hydrogens (tertiary/aromatic N) is 2. The van der Waals surface area contributed by atoms with Crippen molar-refractivity contribution in [1.82, 2.24) is 9.80 Å². The van der Waals surface area contributed by atoms with E-state index in [1.165, 1.54) is 30.4 Å². The summed E-state index contributed by atoms with van der Waals surface area (Å²) >= 11 is 0. The van der Waals surface area contributed by atoms with Crippen LogP contribution in [0.3, 0.4) is 0 Å². The van der Waals surface area contributed by atoms with E-state index in [0.29, 0.717) is 36.6 Å². The molecule has 7 heteroatoms. The molecular formula is C34H45FN2O4. The molecule has 5 rings (SSSR count). The molecular weight excluding hydrogens is 519 g/mol. The highest BCUT2D eigenvalue weighted by Crippen LogP contribution is 2.40. The van der Waals surface area contributed by atoms with Gasteiger partial charge in [-0.2, -0.15) is 0 Å². The van der Waals surface area contributed by atoms with Crippen LogP contribution in [-0.4, -0.2) is 68.0 Å². The van der Waals surface area contributed by atoms with Crippen LogP contribution in [0.25, 0.3) is 0 Å². The number of hydrogen-bond donors (Lipinski definition) is 1. The molecule has 3 aliphatic carbocycles. The van der Waals surface area contributed by atoms with Crippen LogP contribution in [0.15, 0.2) is 60.1 Å². The van der Waals surface area contributed by atoms with E-state index in [2.05, 4.69) is 42.0 Å². The van der Waals surface area contributed by atoms with Crippen LogP contribution in [0.4, 0.5) is 4.39 Å². The van der Waals surface area contributed by atoms with Crippen LogP contribution in [0.2, 0.25) is 0 Å². The maximum atomic E-state index is 15.1. The molecule has 0 amide bonds. The summed E-state index contributed by atoms with van der Waals surface area (Å²) in [5, 5.41) is 9.95. The van der Waals surface area contributed by atoms with Crippen molar-refractivity contribution in [2.75, 3.05) is 41.0 Å². The van der Waals surface area contributed by atoms with Gasteiger partial charge in [-0.1, -0.05) is 25.5 Å². The van der Waals surface area contributed by atoms with Gasteiger partial charge in [-0.05, 0) is 105 Å². The monoisotopic (exact) mass is 564 g/mol. The van der Waals surface area contributed by atoms with E-state index in [1.54, 1.807) is 32.4 Å². The van der Waals surface area contributed by atoms with Crippen LogP contribution < -0.4 is 4.74 Å². The fraction of sp³-hybridized carbons (Fsp3) is 0.529. The average Bonchev–Trinajstić information content (AvgIpc) is 2.95. The van der Waals surface area contributed by atoms with Gasteiger partial charge in [-0.3, -0.25) is 4.90 Å².